The van der Waals surface area contributed by atoms with Crippen LogP contribution in [0.15, 0.2) is 23.5 Å². The van der Waals surface area contributed by atoms with Crippen LogP contribution >= 0.6 is 0 Å². The van der Waals surface area contributed by atoms with Crippen molar-refractivity contribution in [3.63, 3.8) is 0 Å². The van der Waals surface area contributed by atoms with E-state index in [0.717, 1.165) is 12.2 Å². The van der Waals surface area contributed by atoms with Crippen LogP contribution in [0.2, 0.25) is 0 Å². The first-order valence-electron chi connectivity index (χ1n) is 2.66. The zero-order chi connectivity index (χ0) is 7.78. The van der Waals surface area contributed by atoms with Crippen LogP contribution in [0, 0.1) is 0 Å². The van der Waals surface area contributed by atoms with Gasteiger partial charge >= 0.3 is 6.18 Å². The lowest BCUT2D eigenvalue weighted by atomic mass is 10.2. The van der Waals surface area contributed by atoms with Gasteiger partial charge in [0.2, 0.25) is 0 Å². The van der Waals surface area contributed by atoms with Crippen molar-refractivity contribution in [1.82, 2.24) is 0 Å². The van der Waals surface area contributed by atoms with E-state index in [4.69, 9.17) is 5.11 Å². The van der Waals surface area contributed by atoms with Crippen molar-refractivity contribution in [2.24, 2.45) is 0 Å². The Hall–Kier alpha value is -0.930. The van der Waals surface area contributed by atoms with E-state index < -0.39 is 11.7 Å². The molecular formula is C6H5F3O. The van der Waals surface area contributed by atoms with Crippen LogP contribution in [0.5, 0.6) is 0 Å². The molecule has 1 nitrogen and oxygen atoms in total. The van der Waals surface area contributed by atoms with Gasteiger partial charge in [-0.05, 0) is 6.08 Å². The molecule has 0 aromatic heterocycles. The molecule has 4 heteroatoms. The first-order chi connectivity index (χ1) is 4.50. The Labute approximate surface area is 55.5 Å². The topological polar surface area (TPSA) is 20.2 Å². The van der Waals surface area contributed by atoms with E-state index >= 15 is 0 Å². The van der Waals surface area contributed by atoms with Crippen molar-refractivity contribution in [3.8, 4) is 0 Å². The quantitative estimate of drug-likeness (QED) is 0.561. The third-order valence-corrected chi connectivity index (χ3v) is 1.21. The molecule has 0 atom stereocenters. The maximum absolute atomic E-state index is 11.7. The number of alkyl halides is 3. The van der Waals surface area contributed by atoms with Crippen molar-refractivity contribution in [2.45, 2.75) is 12.6 Å². The van der Waals surface area contributed by atoms with E-state index in [1.807, 2.05) is 0 Å². The molecule has 0 saturated carbocycles. The molecule has 1 aliphatic rings. The summed E-state index contributed by atoms with van der Waals surface area (Å²) in [6.07, 6.45) is -2.73. The zero-order valence-corrected chi connectivity index (χ0v) is 4.94. The molecule has 0 bridgehead atoms. The highest BCUT2D eigenvalue weighted by atomic mass is 19.4. The van der Waals surface area contributed by atoms with Crippen LogP contribution < -0.4 is 0 Å². The molecule has 0 heterocycles. The molecule has 0 spiro atoms. The molecule has 1 rings (SSSR count). The summed E-state index contributed by atoms with van der Waals surface area (Å²) in [5, 5.41) is 8.57. The number of aliphatic hydroxyl groups excluding tert-OH is 1. The van der Waals surface area contributed by atoms with Crippen LogP contribution in [0.1, 0.15) is 6.42 Å². The highest BCUT2D eigenvalue weighted by molar-refractivity contribution is 5.29. The number of halogens is 3. The lowest BCUT2D eigenvalue weighted by Gasteiger charge is -2.05. The fraction of sp³-hybridized carbons (Fsp3) is 0.333. The van der Waals surface area contributed by atoms with Crippen molar-refractivity contribution >= 4 is 0 Å². The van der Waals surface area contributed by atoms with Crippen molar-refractivity contribution < 1.29 is 18.3 Å². The molecule has 0 aliphatic heterocycles. The molecule has 1 aliphatic carbocycles. The van der Waals surface area contributed by atoms with Crippen LogP contribution in [0.3, 0.4) is 0 Å². The van der Waals surface area contributed by atoms with Gasteiger partial charge in [-0.25, -0.2) is 0 Å². The molecule has 0 radical (unpaired) electrons. The number of allylic oxidation sites excluding steroid dienone is 3. The van der Waals surface area contributed by atoms with Gasteiger partial charge in [0.05, 0.1) is 5.76 Å². The first kappa shape index (κ1) is 7.18. The Morgan fingerprint density at radius 1 is 1.30 bits per heavy atom. The summed E-state index contributed by atoms with van der Waals surface area (Å²) < 4.78 is 35.2. The molecule has 0 aromatic carbocycles. The van der Waals surface area contributed by atoms with Crippen LogP contribution in [-0.4, -0.2) is 11.3 Å². The van der Waals surface area contributed by atoms with Gasteiger partial charge in [-0.2, -0.15) is 13.2 Å². The third-order valence-electron chi connectivity index (χ3n) is 1.21. The average Bonchev–Trinajstić information content (AvgIpc) is 2.11. The SMILES string of the molecule is OC1=CC=C(C(F)(F)F)C1. The van der Waals surface area contributed by atoms with E-state index in [9.17, 15) is 13.2 Å². The van der Waals surface area contributed by atoms with Gasteiger partial charge in [-0.1, -0.05) is 6.08 Å². The van der Waals surface area contributed by atoms with Crippen LogP contribution in [0.25, 0.3) is 0 Å². The smallest absolute Gasteiger partial charge is 0.413 e. The average molecular weight is 150 g/mol. The molecule has 0 unspecified atom stereocenters. The second kappa shape index (κ2) is 2.04. The molecular weight excluding hydrogens is 145 g/mol. The third kappa shape index (κ3) is 1.32. The predicted molar refractivity (Wildman–Crippen MR) is 29.5 cm³/mol. The van der Waals surface area contributed by atoms with Crippen molar-refractivity contribution in [3.05, 3.63) is 23.5 Å². The summed E-state index contributed by atoms with van der Waals surface area (Å²) >= 11 is 0. The minimum absolute atomic E-state index is 0.229. The van der Waals surface area contributed by atoms with Gasteiger partial charge in [0.15, 0.2) is 0 Å². The Morgan fingerprint density at radius 2 is 1.90 bits per heavy atom. The Bertz CT molecular complexity index is 200. The van der Waals surface area contributed by atoms with Gasteiger partial charge in [-0.15, -0.1) is 0 Å². The van der Waals surface area contributed by atoms with Crippen LogP contribution in [0.4, 0.5) is 13.2 Å². The van der Waals surface area contributed by atoms with Crippen molar-refractivity contribution in [1.29, 1.82) is 0 Å². The normalized spacial score (nSPS) is 18.7. The molecule has 0 saturated heterocycles. The maximum atomic E-state index is 11.7. The number of hydrogen-bond donors (Lipinski definition) is 1. The molecule has 0 fully saturated rings. The standard InChI is InChI=1S/C6H5F3O/c7-6(8,9)4-1-2-5(10)3-4/h1-2,10H,3H2. The summed E-state index contributed by atoms with van der Waals surface area (Å²) in [6.45, 7) is 0. The van der Waals surface area contributed by atoms with E-state index in [2.05, 4.69) is 0 Å². The fourth-order valence-corrected chi connectivity index (χ4v) is 0.704. The van der Waals surface area contributed by atoms with Crippen molar-refractivity contribution in [2.75, 3.05) is 0 Å². The monoisotopic (exact) mass is 150 g/mol. The molecule has 0 aromatic rings. The Kier molecular flexibility index (Phi) is 1.46. The summed E-state index contributed by atoms with van der Waals surface area (Å²) in [6, 6.07) is 0. The first-order valence-corrected chi connectivity index (χ1v) is 2.66. The van der Waals surface area contributed by atoms with E-state index in [0.29, 0.717) is 0 Å². The molecule has 56 valence electrons. The maximum Gasteiger partial charge on any atom is 0.413 e. The van der Waals surface area contributed by atoms with Gasteiger partial charge in [0.1, 0.15) is 0 Å². The minimum atomic E-state index is -4.29. The molecule has 0 amide bonds. The zero-order valence-electron chi connectivity index (χ0n) is 4.94. The van der Waals surface area contributed by atoms with Gasteiger partial charge in [0.25, 0.3) is 0 Å². The Balaban J connectivity index is 2.66. The van der Waals surface area contributed by atoms with E-state index in [1.54, 1.807) is 0 Å². The summed E-state index contributed by atoms with van der Waals surface area (Å²) in [7, 11) is 0. The Morgan fingerprint density at radius 3 is 2.10 bits per heavy atom. The van der Waals surface area contributed by atoms with E-state index in [-0.39, 0.29) is 12.2 Å². The van der Waals surface area contributed by atoms with Gasteiger partial charge < -0.3 is 5.11 Å². The number of rotatable bonds is 0. The molecule has 10 heavy (non-hydrogen) atoms. The largest absolute Gasteiger partial charge is 0.512 e. The second-order valence-electron chi connectivity index (χ2n) is 2.02. The van der Waals surface area contributed by atoms with Crippen LogP contribution in [-0.2, 0) is 0 Å². The predicted octanol–water partition coefficient (Wildman–Crippen LogP) is 2.32. The lowest BCUT2D eigenvalue weighted by molar-refractivity contribution is -0.0933. The van der Waals surface area contributed by atoms with Gasteiger partial charge in [0, 0.05) is 12.0 Å². The summed E-state index contributed by atoms with van der Waals surface area (Å²) in [4.78, 5) is 0. The highest BCUT2D eigenvalue weighted by Gasteiger charge is 2.34. The number of aliphatic hydroxyl groups is 1. The second-order valence-corrected chi connectivity index (χ2v) is 2.02. The lowest BCUT2D eigenvalue weighted by Crippen LogP contribution is -2.10. The molecule has 1 N–H and O–H groups in total. The summed E-state index contributed by atoms with van der Waals surface area (Å²) in [5.41, 5.74) is -0.690. The minimum Gasteiger partial charge on any atom is -0.512 e. The fourth-order valence-electron chi connectivity index (χ4n) is 0.704. The van der Waals surface area contributed by atoms with E-state index in [1.165, 1.54) is 0 Å². The van der Waals surface area contributed by atoms with Gasteiger partial charge in [-0.3, -0.25) is 0 Å². The highest BCUT2D eigenvalue weighted by Crippen LogP contribution is 2.32. The summed E-state index contributed by atoms with van der Waals surface area (Å²) in [5.74, 6) is -0.229. The number of hydrogen-bond acceptors (Lipinski definition) is 1.